The van der Waals surface area contributed by atoms with Crippen LogP contribution in [0.2, 0.25) is 5.02 Å². The quantitative estimate of drug-likeness (QED) is 0.591. The zero-order chi connectivity index (χ0) is 15.0. The number of rotatable bonds is 2. The van der Waals surface area contributed by atoms with Crippen molar-refractivity contribution in [3.63, 3.8) is 0 Å². The summed E-state index contributed by atoms with van der Waals surface area (Å²) in [6.07, 6.45) is 5.28. The van der Waals surface area contributed by atoms with E-state index in [1.807, 2.05) is 0 Å². The van der Waals surface area contributed by atoms with E-state index in [9.17, 15) is 13.6 Å². The molecular weight excluding hydrogens is 298 g/mol. The van der Waals surface area contributed by atoms with Crippen LogP contribution in [0, 0.1) is 17.6 Å². The smallest absolute Gasteiger partial charge is 0.169 e. The Balaban J connectivity index is 1.83. The molecule has 114 valence electrons. The zero-order valence-corrected chi connectivity index (χ0v) is 12.4. The molecule has 0 bridgehead atoms. The number of benzene rings is 1. The first-order valence-electron chi connectivity index (χ1n) is 7.33. The molecule has 0 aromatic heterocycles. The van der Waals surface area contributed by atoms with Gasteiger partial charge in [-0.25, -0.2) is 8.78 Å². The molecule has 2 nitrogen and oxygen atoms in total. The summed E-state index contributed by atoms with van der Waals surface area (Å²) in [6.45, 7) is 0.508. The highest BCUT2D eigenvalue weighted by Crippen LogP contribution is 2.43. The van der Waals surface area contributed by atoms with Crippen LogP contribution < -0.4 is 0 Å². The van der Waals surface area contributed by atoms with Gasteiger partial charge in [0.05, 0.1) is 16.2 Å². The molecule has 2 fully saturated rings. The fraction of sp³-hybridized carbons (Fsp3) is 0.562. The Morgan fingerprint density at radius 2 is 1.95 bits per heavy atom. The first-order valence-corrected chi connectivity index (χ1v) is 7.71. The molecule has 1 aliphatic carbocycles. The van der Waals surface area contributed by atoms with Crippen LogP contribution in [0.5, 0.6) is 0 Å². The summed E-state index contributed by atoms with van der Waals surface area (Å²) < 4.78 is 33.3. The van der Waals surface area contributed by atoms with Crippen molar-refractivity contribution in [2.45, 2.75) is 44.1 Å². The number of hydrogen-bond acceptors (Lipinski definition) is 2. The molecule has 1 saturated heterocycles. The van der Waals surface area contributed by atoms with Crippen molar-refractivity contribution in [2.75, 3.05) is 6.61 Å². The highest BCUT2D eigenvalue weighted by Gasteiger charge is 2.42. The Morgan fingerprint density at radius 3 is 2.67 bits per heavy atom. The third-order valence-corrected chi connectivity index (χ3v) is 4.94. The summed E-state index contributed by atoms with van der Waals surface area (Å²) in [5.74, 6) is -2.15. The van der Waals surface area contributed by atoms with Gasteiger partial charge in [0.25, 0.3) is 0 Å². The number of ketones is 1. The molecule has 1 saturated carbocycles. The summed E-state index contributed by atoms with van der Waals surface area (Å²) in [4.78, 5) is 12.5. The maximum Gasteiger partial charge on any atom is 0.169 e. The van der Waals surface area contributed by atoms with Gasteiger partial charge in [-0.15, -0.1) is 0 Å². The summed E-state index contributed by atoms with van der Waals surface area (Å²) in [6, 6.07) is 1.78. The van der Waals surface area contributed by atoms with E-state index in [1.165, 1.54) is 0 Å². The van der Waals surface area contributed by atoms with Gasteiger partial charge in [0.15, 0.2) is 5.78 Å². The number of ether oxygens (including phenoxy) is 1. The summed E-state index contributed by atoms with van der Waals surface area (Å²) in [5.41, 5.74) is -0.419. The minimum absolute atomic E-state index is 0.197. The molecule has 1 unspecified atom stereocenters. The van der Waals surface area contributed by atoms with E-state index in [0.717, 1.165) is 37.8 Å². The van der Waals surface area contributed by atoms with Crippen LogP contribution in [0.25, 0.3) is 0 Å². The number of carbonyl (C=O) groups excluding carboxylic acids is 1. The van der Waals surface area contributed by atoms with E-state index in [2.05, 4.69) is 0 Å². The molecule has 1 aromatic rings. The fourth-order valence-corrected chi connectivity index (χ4v) is 3.70. The van der Waals surface area contributed by atoms with Crippen LogP contribution in [0.3, 0.4) is 0 Å². The van der Waals surface area contributed by atoms with Crippen LogP contribution in [0.4, 0.5) is 8.78 Å². The Labute approximate surface area is 127 Å². The van der Waals surface area contributed by atoms with Crippen molar-refractivity contribution >= 4 is 17.4 Å². The van der Waals surface area contributed by atoms with Gasteiger partial charge in [-0.2, -0.15) is 0 Å². The van der Waals surface area contributed by atoms with Gasteiger partial charge in [0.1, 0.15) is 11.6 Å². The lowest BCUT2D eigenvalue weighted by atomic mass is 9.80. The second-order valence-corrected chi connectivity index (χ2v) is 6.45. The summed E-state index contributed by atoms with van der Waals surface area (Å²) in [5, 5.41) is -0.303. The van der Waals surface area contributed by atoms with Crippen molar-refractivity contribution < 1.29 is 18.3 Å². The predicted octanol–water partition coefficient (Wildman–Crippen LogP) is 4.54. The lowest BCUT2D eigenvalue weighted by Gasteiger charge is -2.37. The van der Waals surface area contributed by atoms with Gasteiger partial charge in [0.2, 0.25) is 0 Å². The average molecular weight is 315 g/mol. The van der Waals surface area contributed by atoms with Crippen LogP contribution in [0.1, 0.15) is 48.9 Å². The predicted molar refractivity (Wildman–Crippen MR) is 75.6 cm³/mol. The van der Waals surface area contributed by atoms with Gasteiger partial charge in [0, 0.05) is 12.5 Å². The van der Waals surface area contributed by atoms with E-state index >= 15 is 0 Å². The second kappa shape index (κ2) is 5.65. The topological polar surface area (TPSA) is 26.3 Å². The highest BCUT2D eigenvalue weighted by molar-refractivity contribution is 6.30. The Bertz CT molecular complexity index is 568. The van der Waals surface area contributed by atoms with Gasteiger partial charge in [-0.3, -0.25) is 4.79 Å². The van der Waals surface area contributed by atoms with Crippen molar-refractivity contribution in [3.05, 3.63) is 34.4 Å². The van der Waals surface area contributed by atoms with Crippen LogP contribution >= 0.6 is 11.6 Å². The van der Waals surface area contributed by atoms with Crippen LogP contribution in [-0.4, -0.2) is 18.0 Å². The minimum Gasteiger partial charge on any atom is -0.375 e. The SMILES string of the molecule is O=C(c1cc(F)c(Cl)cc1F)C1CCOC2(CCCC2)C1. The first kappa shape index (κ1) is 14.9. The Kier molecular flexibility index (Phi) is 4.02. The van der Waals surface area contributed by atoms with Gasteiger partial charge < -0.3 is 4.74 Å². The van der Waals surface area contributed by atoms with Crippen molar-refractivity contribution in [2.24, 2.45) is 5.92 Å². The standard InChI is InChI=1S/C16H17ClF2O2/c17-12-8-13(18)11(7-14(12)19)15(20)10-3-6-21-16(9-10)4-1-2-5-16/h7-8,10H,1-6,9H2. The summed E-state index contributed by atoms with van der Waals surface area (Å²) in [7, 11) is 0. The van der Waals surface area contributed by atoms with E-state index in [4.69, 9.17) is 16.3 Å². The molecule has 0 amide bonds. The maximum atomic E-state index is 13.9. The molecule has 0 N–H and O–H groups in total. The van der Waals surface area contributed by atoms with Crippen molar-refractivity contribution in [1.29, 1.82) is 0 Å². The average Bonchev–Trinajstić information content (AvgIpc) is 2.90. The molecule has 21 heavy (non-hydrogen) atoms. The fourth-order valence-electron chi connectivity index (χ4n) is 3.55. The zero-order valence-electron chi connectivity index (χ0n) is 11.6. The highest BCUT2D eigenvalue weighted by atomic mass is 35.5. The molecule has 5 heteroatoms. The monoisotopic (exact) mass is 314 g/mol. The molecule has 3 rings (SSSR count). The van der Waals surface area contributed by atoms with Crippen LogP contribution in [-0.2, 0) is 4.74 Å². The van der Waals surface area contributed by atoms with Crippen LogP contribution in [0.15, 0.2) is 12.1 Å². The lowest BCUT2D eigenvalue weighted by molar-refractivity contribution is -0.0866. The molecule has 1 aliphatic heterocycles. The number of hydrogen-bond donors (Lipinski definition) is 0. The van der Waals surface area contributed by atoms with Gasteiger partial charge in [-0.1, -0.05) is 24.4 Å². The Morgan fingerprint density at radius 1 is 1.24 bits per heavy atom. The third kappa shape index (κ3) is 2.84. The van der Waals surface area contributed by atoms with E-state index in [0.29, 0.717) is 19.4 Å². The molecule has 1 spiro atoms. The molecule has 2 aliphatic rings. The normalized spacial score (nSPS) is 24.4. The van der Waals surface area contributed by atoms with E-state index < -0.39 is 11.6 Å². The second-order valence-electron chi connectivity index (χ2n) is 6.04. The molecular formula is C16H17ClF2O2. The minimum atomic E-state index is -0.760. The molecule has 1 atom stereocenters. The number of carbonyl (C=O) groups is 1. The number of halogens is 3. The van der Waals surface area contributed by atoms with Crippen molar-refractivity contribution in [1.82, 2.24) is 0 Å². The summed E-state index contributed by atoms with van der Waals surface area (Å²) >= 11 is 5.53. The third-order valence-electron chi connectivity index (χ3n) is 4.65. The Hall–Kier alpha value is -1.00. The van der Waals surface area contributed by atoms with E-state index in [-0.39, 0.29) is 27.9 Å². The van der Waals surface area contributed by atoms with E-state index in [1.54, 1.807) is 0 Å². The maximum absolute atomic E-state index is 13.9. The molecule has 1 aromatic carbocycles. The van der Waals surface area contributed by atoms with Gasteiger partial charge in [-0.05, 0) is 37.8 Å². The van der Waals surface area contributed by atoms with Crippen molar-refractivity contribution in [3.8, 4) is 0 Å². The van der Waals surface area contributed by atoms with Gasteiger partial charge >= 0.3 is 0 Å². The lowest BCUT2D eigenvalue weighted by Crippen LogP contribution is -2.40. The number of Topliss-reactive ketones (excluding diaryl/α,β-unsaturated/α-hetero) is 1. The molecule has 0 radical (unpaired) electrons. The first-order chi connectivity index (χ1) is 10.0. The largest absolute Gasteiger partial charge is 0.375 e. The molecule has 1 heterocycles.